The molecule has 0 fully saturated rings. The van der Waals surface area contributed by atoms with Gasteiger partial charge in [0.1, 0.15) is 11.6 Å². The van der Waals surface area contributed by atoms with Gasteiger partial charge in [-0.05, 0) is 12.1 Å². The molecule has 96 valence electrons. The average Bonchev–Trinajstić information content (AvgIpc) is 2.24. The molecule has 1 aromatic carbocycles. The van der Waals surface area contributed by atoms with E-state index in [-0.39, 0.29) is 13.2 Å². The standard InChI is InChI=1S/C10H13F2NO3S/c1-13(5-6-14)17(15,16)7-8-9(11)3-2-4-10(8)12/h2-4,14H,5-7H2,1H3. The number of aliphatic hydroxyl groups excluding tert-OH is 1. The summed E-state index contributed by atoms with van der Waals surface area (Å²) in [5.41, 5.74) is -0.489. The molecule has 0 bridgehead atoms. The molecule has 0 radical (unpaired) electrons. The van der Waals surface area contributed by atoms with Crippen molar-refractivity contribution in [1.29, 1.82) is 0 Å². The molecular weight excluding hydrogens is 252 g/mol. The predicted molar refractivity (Wildman–Crippen MR) is 58.7 cm³/mol. The topological polar surface area (TPSA) is 57.6 Å². The van der Waals surface area contributed by atoms with E-state index in [0.717, 1.165) is 22.5 Å². The summed E-state index contributed by atoms with van der Waals surface area (Å²) in [6, 6.07) is 3.16. The van der Waals surface area contributed by atoms with Gasteiger partial charge in [-0.25, -0.2) is 21.5 Å². The molecule has 4 nitrogen and oxygen atoms in total. The molecule has 0 saturated heterocycles. The highest BCUT2D eigenvalue weighted by Crippen LogP contribution is 2.16. The quantitative estimate of drug-likeness (QED) is 0.853. The normalized spacial score (nSPS) is 12.1. The van der Waals surface area contributed by atoms with Crippen LogP contribution in [0.5, 0.6) is 0 Å². The number of hydrogen-bond donors (Lipinski definition) is 1. The van der Waals surface area contributed by atoms with E-state index in [0.29, 0.717) is 0 Å². The Balaban J connectivity index is 2.98. The lowest BCUT2D eigenvalue weighted by molar-refractivity contribution is 0.266. The minimum absolute atomic E-state index is 0.113. The van der Waals surface area contributed by atoms with Gasteiger partial charge in [0.25, 0.3) is 0 Å². The van der Waals surface area contributed by atoms with Gasteiger partial charge in [0.05, 0.1) is 12.4 Å². The molecule has 0 heterocycles. The molecule has 0 aliphatic heterocycles. The summed E-state index contributed by atoms with van der Waals surface area (Å²) in [4.78, 5) is 0. The van der Waals surface area contributed by atoms with Crippen LogP contribution in [0.1, 0.15) is 5.56 Å². The largest absolute Gasteiger partial charge is 0.395 e. The number of sulfonamides is 1. The van der Waals surface area contributed by atoms with Crippen molar-refractivity contribution in [2.24, 2.45) is 0 Å². The van der Waals surface area contributed by atoms with Gasteiger partial charge in [-0.15, -0.1) is 0 Å². The molecule has 17 heavy (non-hydrogen) atoms. The van der Waals surface area contributed by atoms with Crippen molar-refractivity contribution in [3.05, 3.63) is 35.4 Å². The number of rotatable bonds is 5. The van der Waals surface area contributed by atoms with E-state index in [1.54, 1.807) is 0 Å². The second kappa shape index (κ2) is 5.52. The predicted octanol–water partition coefficient (Wildman–Crippen LogP) is 0.719. The fourth-order valence-electron chi connectivity index (χ4n) is 1.24. The Hall–Kier alpha value is -1.05. The zero-order valence-electron chi connectivity index (χ0n) is 9.23. The molecule has 0 saturated carbocycles. The Morgan fingerprint density at radius 3 is 2.29 bits per heavy atom. The van der Waals surface area contributed by atoms with Crippen molar-refractivity contribution in [1.82, 2.24) is 4.31 Å². The third-order valence-corrected chi connectivity index (χ3v) is 4.06. The van der Waals surface area contributed by atoms with Crippen LogP contribution < -0.4 is 0 Å². The molecule has 1 aromatic rings. The number of likely N-dealkylation sites (N-methyl/N-ethyl adjacent to an activating group) is 1. The van der Waals surface area contributed by atoms with Gasteiger partial charge in [0, 0.05) is 19.2 Å². The first kappa shape index (κ1) is 14.0. The number of aliphatic hydroxyl groups is 1. The minimum Gasteiger partial charge on any atom is -0.395 e. The maximum absolute atomic E-state index is 13.3. The molecule has 1 N–H and O–H groups in total. The third kappa shape index (κ3) is 3.45. The van der Waals surface area contributed by atoms with E-state index in [1.807, 2.05) is 0 Å². The fraction of sp³-hybridized carbons (Fsp3) is 0.400. The van der Waals surface area contributed by atoms with Crippen LogP contribution in [0.25, 0.3) is 0 Å². The van der Waals surface area contributed by atoms with E-state index in [2.05, 4.69) is 0 Å². The van der Waals surface area contributed by atoms with E-state index in [4.69, 9.17) is 5.11 Å². The maximum atomic E-state index is 13.3. The average molecular weight is 265 g/mol. The Morgan fingerprint density at radius 1 is 1.29 bits per heavy atom. The van der Waals surface area contributed by atoms with Gasteiger partial charge < -0.3 is 5.11 Å². The van der Waals surface area contributed by atoms with Crippen molar-refractivity contribution in [2.45, 2.75) is 5.75 Å². The Bertz CT molecular complexity index is 470. The minimum atomic E-state index is -3.83. The fourth-order valence-corrected chi connectivity index (χ4v) is 2.46. The molecule has 0 aromatic heterocycles. The maximum Gasteiger partial charge on any atom is 0.218 e. The van der Waals surface area contributed by atoms with Crippen LogP contribution in [0.4, 0.5) is 8.78 Å². The number of hydrogen-bond acceptors (Lipinski definition) is 3. The van der Waals surface area contributed by atoms with E-state index in [9.17, 15) is 17.2 Å². The zero-order chi connectivity index (χ0) is 13.1. The van der Waals surface area contributed by atoms with Gasteiger partial charge in [0.2, 0.25) is 10.0 Å². The summed E-state index contributed by atoms with van der Waals surface area (Å²) in [5, 5.41) is 8.62. The Kier molecular flexibility index (Phi) is 4.55. The molecule has 0 aliphatic rings. The number of halogens is 2. The van der Waals surface area contributed by atoms with Crippen molar-refractivity contribution in [2.75, 3.05) is 20.2 Å². The molecule has 1 rings (SSSR count). The smallest absolute Gasteiger partial charge is 0.218 e. The van der Waals surface area contributed by atoms with Gasteiger partial charge in [0.15, 0.2) is 0 Å². The number of nitrogens with zero attached hydrogens (tertiary/aromatic N) is 1. The third-order valence-electron chi connectivity index (χ3n) is 2.28. The van der Waals surface area contributed by atoms with E-state index in [1.165, 1.54) is 7.05 Å². The van der Waals surface area contributed by atoms with Crippen LogP contribution in [-0.2, 0) is 15.8 Å². The molecule has 0 amide bonds. The highest BCUT2D eigenvalue weighted by atomic mass is 32.2. The second-order valence-electron chi connectivity index (χ2n) is 3.50. The first-order chi connectivity index (χ1) is 7.88. The van der Waals surface area contributed by atoms with Crippen LogP contribution in [0, 0.1) is 11.6 Å². The summed E-state index contributed by atoms with van der Waals surface area (Å²) < 4.78 is 50.7. The summed E-state index contributed by atoms with van der Waals surface area (Å²) in [6.45, 7) is -0.464. The summed E-state index contributed by atoms with van der Waals surface area (Å²) in [7, 11) is -2.59. The van der Waals surface area contributed by atoms with Crippen LogP contribution in [-0.4, -0.2) is 38.0 Å². The van der Waals surface area contributed by atoms with Crippen molar-refractivity contribution in [3.8, 4) is 0 Å². The van der Waals surface area contributed by atoms with Crippen LogP contribution in [0.15, 0.2) is 18.2 Å². The highest BCUT2D eigenvalue weighted by molar-refractivity contribution is 7.88. The van der Waals surface area contributed by atoms with Gasteiger partial charge in [-0.1, -0.05) is 6.07 Å². The lowest BCUT2D eigenvalue weighted by Crippen LogP contribution is -2.31. The zero-order valence-corrected chi connectivity index (χ0v) is 10.0. The van der Waals surface area contributed by atoms with E-state index >= 15 is 0 Å². The van der Waals surface area contributed by atoms with Crippen molar-refractivity contribution < 1.29 is 22.3 Å². The summed E-state index contributed by atoms with van der Waals surface area (Å²) in [5.74, 6) is -2.56. The van der Waals surface area contributed by atoms with Crippen molar-refractivity contribution >= 4 is 10.0 Å². The summed E-state index contributed by atoms with van der Waals surface area (Å²) in [6.07, 6.45) is 0. The van der Waals surface area contributed by atoms with Gasteiger partial charge in [-0.3, -0.25) is 0 Å². The molecule has 7 heteroatoms. The SMILES string of the molecule is CN(CCO)S(=O)(=O)Cc1c(F)cccc1F. The Labute approximate surface area is 98.5 Å². The summed E-state index contributed by atoms with van der Waals surface area (Å²) >= 11 is 0. The lowest BCUT2D eigenvalue weighted by atomic mass is 10.2. The Morgan fingerprint density at radius 2 is 1.82 bits per heavy atom. The van der Waals surface area contributed by atoms with Crippen LogP contribution in [0.3, 0.4) is 0 Å². The molecule has 0 spiro atoms. The van der Waals surface area contributed by atoms with Crippen LogP contribution >= 0.6 is 0 Å². The number of benzene rings is 1. The van der Waals surface area contributed by atoms with E-state index < -0.39 is 33.0 Å². The van der Waals surface area contributed by atoms with Gasteiger partial charge in [-0.2, -0.15) is 0 Å². The monoisotopic (exact) mass is 265 g/mol. The van der Waals surface area contributed by atoms with Gasteiger partial charge >= 0.3 is 0 Å². The molecule has 0 atom stereocenters. The molecule has 0 unspecified atom stereocenters. The van der Waals surface area contributed by atoms with Crippen LogP contribution in [0.2, 0.25) is 0 Å². The van der Waals surface area contributed by atoms with Crippen molar-refractivity contribution in [3.63, 3.8) is 0 Å². The molecular formula is C10H13F2NO3S. The first-order valence-corrected chi connectivity index (χ1v) is 6.47. The highest BCUT2D eigenvalue weighted by Gasteiger charge is 2.22. The second-order valence-corrected chi connectivity index (χ2v) is 5.58. The lowest BCUT2D eigenvalue weighted by Gasteiger charge is -2.16. The first-order valence-electron chi connectivity index (χ1n) is 4.86. The molecule has 0 aliphatic carbocycles.